The van der Waals surface area contributed by atoms with Gasteiger partial charge in [-0.05, 0) is 89.6 Å². The Labute approximate surface area is 208 Å². The molecule has 2 aromatic heterocycles. The van der Waals surface area contributed by atoms with Crippen molar-refractivity contribution in [3.63, 3.8) is 0 Å². The van der Waals surface area contributed by atoms with Crippen molar-refractivity contribution in [1.82, 2.24) is 20.4 Å². The summed E-state index contributed by atoms with van der Waals surface area (Å²) < 4.78 is 27.4. The van der Waals surface area contributed by atoms with Gasteiger partial charge in [0.1, 0.15) is 11.6 Å². The average molecular weight is 535 g/mol. The number of H-pyrrole nitrogens is 2. The maximum Gasteiger partial charge on any atom is 0.138 e. The molecule has 2 atom stereocenters. The van der Waals surface area contributed by atoms with Gasteiger partial charge in [-0.15, -0.1) is 0 Å². The van der Waals surface area contributed by atoms with Gasteiger partial charge in [0.25, 0.3) is 0 Å². The minimum atomic E-state index is -0.573. The molecule has 0 saturated heterocycles. The molecule has 4 aromatic rings. The van der Waals surface area contributed by atoms with Crippen LogP contribution in [0.2, 0.25) is 0 Å². The Morgan fingerprint density at radius 1 is 0.914 bits per heavy atom. The number of aromatic nitrogens is 4. The van der Waals surface area contributed by atoms with Crippen LogP contribution in [0.5, 0.6) is 0 Å². The number of hydrogen-bond donors (Lipinski definition) is 2. The summed E-state index contributed by atoms with van der Waals surface area (Å²) in [6.07, 6.45) is 10.0. The fourth-order valence-corrected chi connectivity index (χ4v) is 5.63. The largest absolute Gasteiger partial charge is 0.278 e. The predicted molar refractivity (Wildman–Crippen MR) is 129 cm³/mol. The molecule has 0 radical (unpaired) electrons. The van der Waals surface area contributed by atoms with Crippen LogP contribution in [0.4, 0.5) is 8.78 Å². The lowest BCUT2D eigenvalue weighted by atomic mass is 9.92. The molecule has 6 nitrogen and oxygen atoms in total. The number of aromatic amines is 2. The summed E-state index contributed by atoms with van der Waals surface area (Å²) in [6.45, 7) is 0. The zero-order valence-corrected chi connectivity index (χ0v) is 20.3. The Hall–Kier alpha value is -3.30. The second-order valence-corrected chi connectivity index (χ2v) is 11.1. The van der Waals surface area contributed by atoms with Crippen molar-refractivity contribution in [2.24, 2.45) is 16.7 Å². The normalized spacial score (nSPS) is 25.1. The summed E-state index contributed by atoms with van der Waals surface area (Å²) >= 11 is 3.08. The van der Waals surface area contributed by atoms with Crippen LogP contribution in [0.3, 0.4) is 0 Å². The average Bonchev–Trinajstić information content (AvgIpc) is 3.82. The molecule has 0 aliphatic heterocycles. The zero-order valence-electron chi connectivity index (χ0n) is 18.7. The minimum Gasteiger partial charge on any atom is -0.278 e. The van der Waals surface area contributed by atoms with Gasteiger partial charge in [-0.1, -0.05) is 0 Å². The lowest BCUT2D eigenvalue weighted by Gasteiger charge is -2.09. The van der Waals surface area contributed by atoms with Crippen molar-refractivity contribution in [2.75, 3.05) is 0 Å². The Balaban J connectivity index is 0.000000108. The summed E-state index contributed by atoms with van der Waals surface area (Å²) in [5, 5.41) is 32.5. The summed E-state index contributed by atoms with van der Waals surface area (Å²) in [6, 6.07) is 11.0. The van der Waals surface area contributed by atoms with E-state index in [-0.39, 0.29) is 17.0 Å². The molecule has 4 saturated carbocycles. The second-order valence-electron chi connectivity index (χ2n) is 10.2. The van der Waals surface area contributed by atoms with Crippen LogP contribution >= 0.6 is 15.9 Å². The van der Waals surface area contributed by atoms with Gasteiger partial charge in [-0.3, -0.25) is 10.2 Å². The van der Waals surface area contributed by atoms with Crippen LogP contribution in [0.25, 0.3) is 21.8 Å². The first-order chi connectivity index (χ1) is 16.9. The van der Waals surface area contributed by atoms with Crippen LogP contribution in [0.15, 0.2) is 41.1 Å². The van der Waals surface area contributed by atoms with Crippen molar-refractivity contribution < 1.29 is 8.78 Å². The topological polar surface area (TPSA) is 105 Å². The molecule has 35 heavy (non-hydrogen) atoms. The molecular formula is C26H21BrF2N6. The highest BCUT2D eigenvalue weighted by molar-refractivity contribution is 9.10. The summed E-state index contributed by atoms with van der Waals surface area (Å²) in [4.78, 5) is 0. The van der Waals surface area contributed by atoms with E-state index in [0.717, 1.165) is 41.1 Å². The monoisotopic (exact) mass is 534 g/mol. The van der Waals surface area contributed by atoms with E-state index in [0.29, 0.717) is 21.4 Å². The third-order valence-corrected chi connectivity index (χ3v) is 8.74. The van der Waals surface area contributed by atoms with Gasteiger partial charge in [0, 0.05) is 16.3 Å². The highest BCUT2D eigenvalue weighted by atomic mass is 79.9. The molecule has 176 valence electrons. The fraction of sp³-hybridized carbons (Fsp3) is 0.385. The molecule has 4 aliphatic rings. The molecule has 0 amide bonds. The van der Waals surface area contributed by atoms with Crippen molar-refractivity contribution in [2.45, 2.75) is 43.9 Å². The van der Waals surface area contributed by atoms with E-state index in [1.165, 1.54) is 31.4 Å². The van der Waals surface area contributed by atoms with Gasteiger partial charge < -0.3 is 0 Å². The van der Waals surface area contributed by atoms with E-state index >= 15 is 0 Å². The Morgan fingerprint density at radius 3 is 2.03 bits per heavy atom. The van der Waals surface area contributed by atoms with Crippen molar-refractivity contribution in [3.8, 4) is 12.1 Å². The molecule has 9 heteroatoms. The third kappa shape index (κ3) is 3.61. The van der Waals surface area contributed by atoms with E-state index in [1.54, 1.807) is 24.5 Å². The highest BCUT2D eigenvalue weighted by Crippen LogP contribution is 2.78. The van der Waals surface area contributed by atoms with Crippen LogP contribution in [0, 0.1) is 51.0 Å². The summed E-state index contributed by atoms with van der Waals surface area (Å²) in [7, 11) is 0. The van der Waals surface area contributed by atoms with Crippen molar-refractivity contribution >= 4 is 37.7 Å². The third-order valence-electron chi connectivity index (χ3n) is 8.13. The quantitative estimate of drug-likeness (QED) is 0.293. The molecule has 2 N–H and O–H groups in total. The molecule has 8 rings (SSSR count). The number of fused-ring (bicyclic) bond motifs is 2. The van der Waals surface area contributed by atoms with Gasteiger partial charge in [0.15, 0.2) is 0 Å². The number of hydrogen-bond acceptors (Lipinski definition) is 4. The Bertz CT molecular complexity index is 1520. The molecule has 2 aromatic carbocycles. The Morgan fingerprint density at radius 2 is 1.54 bits per heavy atom. The van der Waals surface area contributed by atoms with Crippen LogP contribution < -0.4 is 0 Å². The second kappa shape index (κ2) is 7.60. The van der Waals surface area contributed by atoms with Crippen LogP contribution in [0.1, 0.15) is 44.1 Å². The molecule has 4 aliphatic carbocycles. The predicted octanol–water partition coefficient (Wildman–Crippen LogP) is 6.42. The first kappa shape index (κ1) is 22.2. The van der Waals surface area contributed by atoms with Gasteiger partial charge >= 0.3 is 0 Å². The molecule has 0 bridgehead atoms. The fourth-order valence-electron chi connectivity index (χ4n) is 5.29. The van der Waals surface area contributed by atoms with Crippen molar-refractivity contribution in [1.29, 1.82) is 10.5 Å². The number of rotatable bonds is 1. The smallest absolute Gasteiger partial charge is 0.138 e. The number of halogens is 3. The molecule has 2 heterocycles. The zero-order chi connectivity index (χ0) is 24.4. The first-order valence-corrected chi connectivity index (χ1v) is 12.4. The van der Waals surface area contributed by atoms with Gasteiger partial charge in [0.2, 0.25) is 0 Å². The number of nitrogens with one attached hydrogen (secondary N) is 2. The first-order valence-electron chi connectivity index (χ1n) is 11.6. The Kier molecular flexibility index (Phi) is 4.82. The van der Waals surface area contributed by atoms with E-state index in [9.17, 15) is 14.0 Å². The lowest BCUT2D eigenvalue weighted by molar-refractivity contribution is 0.587. The molecule has 2 unspecified atom stereocenters. The van der Waals surface area contributed by atoms with E-state index in [1.807, 2.05) is 0 Å². The number of benzene rings is 2. The molecule has 4 fully saturated rings. The maximum atomic E-state index is 14.1. The SMILES string of the molecule is Fc1cc2cn[nH]c2cc1Br.N#CC1(c2cc3[nH]ncc3cc2F)CC12CC2.N#CC1CC12CC2. The lowest BCUT2D eigenvalue weighted by Crippen LogP contribution is -2.10. The van der Waals surface area contributed by atoms with E-state index in [2.05, 4.69) is 48.5 Å². The van der Waals surface area contributed by atoms with E-state index < -0.39 is 5.41 Å². The van der Waals surface area contributed by atoms with Crippen molar-refractivity contribution in [3.05, 3.63) is 58.3 Å². The summed E-state index contributed by atoms with van der Waals surface area (Å²) in [5.74, 6) is -0.0735. The molecule has 2 spiro atoms. The van der Waals surface area contributed by atoms with Gasteiger partial charge in [0.05, 0.1) is 51.4 Å². The standard InChI is InChI=1S/C13H10FN3.C7H4BrFN2.C6H7N/c14-10-3-8-5-16-17-11(8)4-9(10)13(7-15)6-12(13)1-2-12;8-5-2-7-4(1-6(5)9)3-10-11-7;7-4-5-3-6(5)1-2-6/h3-5H,1-2,6H2,(H,16,17);1-3H,(H,10,11);5H,1-3H2. The van der Waals surface area contributed by atoms with Gasteiger partial charge in [-0.2, -0.15) is 20.7 Å². The summed E-state index contributed by atoms with van der Waals surface area (Å²) in [5.41, 5.74) is 2.31. The van der Waals surface area contributed by atoms with Gasteiger partial charge in [-0.25, -0.2) is 8.78 Å². The highest BCUT2D eigenvalue weighted by Gasteiger charge is 2.76. The van der Waals surface area contributed by atoms with E-state index in [4.69, 9.17) is 5.26 Å². The molecular weight excluding hydrogens is 514 g/mol. The maximum absolute atomic E-state index is 14.1. The minimum absolute atomic E-state index is 0.0935. The number of nitrogens with zero attached hydrogens (tertiary/aromatic N) is 4. The van der Waals surface area contributed by atoms with Crippen LogP contribution in [-0.4, -0.2) is 20.4 Å². The van der Waals surface area contributed by atoms with Crippen LogP contribution in [-0.2, 0) is 5.41 Å². The number of nitriles is 2.